The zero-order valence-electron chi connectivity index (χ0n) is 8.80. The van der Waals surface area contributed by atoms with E-state index in [9.17, 15) is 0 Å². The van der Waals surface area contributed by atoms with E-state index in [0.717, 1.165) is 26.5 Å². The van der Waals surface area contributed by atoms with Gasteiger partial charge in [0, 0.05) is 11.6 Å². The van der Waals surface area contributed by atoms with Crippen molar-refractivity contribution in [1.82, 2.24) is 15.2 Å². The van der Waals surface area contributed by atoms with Crippen molar-refractivity contribution in [3.8, 4) is 10.7 Å². The van der Waals surface area contributed by atoms with Crippen LogP contribution in [0, 0.1) is 0 Å². The molecule has 0 aliphatic rings. The molecule has 0 unspecified atom stereocenters. The van der Waals surface area contributed by atoms with Crippen molar-refractivity contribution in [3.63, 3.8) is 0 Å². The van der Waals surface area contributed by atoms with Gasteiger partial charge in [0.25, 0.3) is 0 Å². The molecular weight excluding hydrogens is 254 g/mol. The first-order chi connectivity index (χ1) is 8.38. The first-order valence-corrected chi connectivity index (χ1v) is 6.46. The maximum absolute atomic E-state index is 5.73. The van der Waals surface area contributed by atoms with E-state index in [2.05, 4.69) is 21.2 Å². The predicted molar refractivity (Wildman–Crippen MR) is 70.2 cm³/mol. The predicted octanol–water partition coefficient (Wildman–Crippen LogP) is 3.49. The van der Waals surface area contributed by atoms with E-state index in [-0.39, 0.29) is 0 Å². The van der Waals surface area contributed by atoms with Gasteiger partial charge in [-0.25, -0.2) is 0 Å². The standard InChI is InChI=1S/C12H8ClN3S/c13-7-10-15-16-12(17-10)11-9-4-2-1-3-8(9)5-6-14-11/h1-6H,7H2. The lowest BCUT2D eigenvalue weighted by atomic mass is 10.1. The zero-order valence-corrected chi connectivity index (χ0v) is 10.4. The summed E-state index contributed by atoms with van der Waals surface area (Å²) >= 11 is 7.22. The third kappa shape index (κ3) is 1.90. The topological polar surface area (TPSA) is 38.7 Å². The number of alkyl halides is 1. The molecule has 3 nitrogen and oxygen atoms in total. The minimum atomic E-state index is 0.391. The number of pyridine rings is 1. The van der Waals surface area contributed by atoms with Gasteiger partial charge < -0.3 is 0 Å². The normalized spacial score (nSPS) is 10.9. The van der Waals surface area contributed by atoms with Crippen molar-refractivity contribution in [2.24, 2.45) is 0 Å². The summed E-state index contributed by atoms with van der Waals surface area (Å²) in [4.78, 5) is 4.39. The molecule has 0 bridgehead atoms. The van der Waals surface area contributed by atoms with Gasteiger partial charge in [-0.2, -0.15) is 0 Å². The summed E-state index contributed by atoms with van der Waals surface area (Å²) in [7, 11) is 0. The molecule has 0 aliphatic carbocycles. The van der Waals surface area contributed by atoms with Gasteiger partial charge in [0.05, 0.1) is 5.88 Å². The highest BCUT2D eigenvalue weighted by atomic mass is 35.5. The molecule has 3 rings (SSSR count). The lowest BCUT2D eigenvalue weighted by Gasteiger charge is -2.00. The molecule has 0 saturated carbocycles. The van der Waals surface area contributed by atoms with Gasteiger partial charge in [-0.15, -0.1) is 21.8 Å². The van der Waals surface area contributed by atoms with E-state index in [0.29, 0.717) is 5.88 Å². The molecule has 0 radical (unpaired) electrons. The molecule has 0 spiro atoms. The van der Waals surface area contributed by atoms with Crippen molar-refractivity contribution in [2.45, 2.75) is 5.88 Å². The second-order valence-corrected chi connectivity index (χ2v) is 4.84. The van der Waals surface area contributed by atoms with Crippen molar-refractivity contribution in [1.29, 1.82) is 0 Å². The van der Waals surface area contributed by atoms with Gasteiger partial charge in [-0.1, -0.05) is 35.6 Å². The number of rotatable bonds is 2. The minimum absolute atomic E-state index is 0.391. The quantitative estimate of drug-likeness (QED) is 0.663. The highest BCUT2D eigenvalue weighted by molar-refractivity contribution is 7.14. The maximum Gasteiger partial charge on any atom is 0.166 e. The van der Waals surface area contributed by atoms with Gasteiger partial charge in [-0.3, -0.25) is 4.98 Å². The van der Waals surface area contributed by atoms with E-state index in [1.54, 1.807) is 6.20 Å². The summed E-state index contributed by atoms with van der Waals surface area (Å²) in [6.07, 6.45) is 1.79. The second-order valence-electron chi connectivity index (χ2n) is 3.52. The highest BCUT2D eigenvalue weighted by Gasteiger charge is 2.10. The Labute approximate surface area is 107 Å². The number of benzene rings is 1. The first-order valence-electron chi connectivity index (χ1n) is 5.11. The Hall–Kier alpha value is -1.52. The third-order valence-corrected chi connectivity index (χ3v) is 3.80. The Morgan fingerprint density at radius 1 is 1.12 bits per heavy atom. The molecule has 2 aromatic heterocycles. The average Bonchev–Trinajstić information content (AvgIpc) is 2.87. The lowest BCUT2D eigenvalue weighted by molar-refractivity contribution is 1.04. The summed E-state index contributed by atoms with van der Waals surface area (Å²) in [6.45, 7) is 0. The van der Waals surface area contributed by atoms with Crippen molar-refractivity contribution >= 4 is 33.7 Å². The number of hydrogen-bond donors (Lipinski definition) is 0. The Morgan fingerprint density at radius 3 is 2.82 bits per heavy atom. The molecule has 17 heavy (non-hydrogen) atoms. The van der Waals surface area contributed by atoms with Crippen molar-refractivity contribution in [3.05, 3.63) is 41.5 Å². The fraction of sp³-hybridized carbons (Fsp3) is 0.0833. The van der Waals surface area contributed by atoms with Gasteiger partial charge in [0.15, 0.2) is 5.01 Å². The van der Waals surface area contributed by atoms with Gasteiger partial charge in [0.1, 0.15) is 10.7 Å². The Morgan fingerprint density at radius 2 is 2.00 bits per heavy atom. The van der Waals surface area contributed by atoms with Crippen LogP contribution in [0.5, 0.6) is 0 Å². The van der Waals surface area contributed by atoms with Crippen LogP contribution >= 0.6 is 22.9 Å². The fourth-order valence-corrected chi connectivity index (χ4v) is 2.61. The summed E-state index contributed by atoms with van der Waals surface area (Å²) in [5.41, 5.74) is 0.872. The molecule has 0 N–H and O–H groups in total. The number of halogens is 1. The van der Waals surface area contributed by atoms with Gasteiger partial charge in [-0.05, 0) is 11.5 Å². The molecule has 0 aliphatic heterocycles. The second kappa shape index (κ2) is 4.39. The minimum Gasteiger partial charge on any atom is -0.253 e. The largest absolute Gasteiger partial charge is 0.253 e. The number of aromatic nitrogens is 3. The van der Waals surface area contributed by atoms with Crippen LogP contribution in [0.3, 0.4) is 0 Å². The van der Waals surface area contributed by atoms with Crippen molar-refractivity contribution < 1.29 is 0 Å². The molecule has 0 atom stereocenters. The lowest BCUT2D eigenvalue weighted by Crippen LogP contribution is -1.84. The molecule has 2 heterocycles. The van der Waals surface area contributed by atoms with Crippen LogP contribution in [0.4, 0.5) is 0 Å². The fourth-order valence-electron chi connectivity index (χ4n) is 1.69. The smallest absolute Gasteiger partial charge is 0.166 e. The Bertz CT molecular complexity index is 660. The van der Waals surface area contributed by atoms with E-state index >= 15 is 0 Å². The van der Waals surface area contributed by atoms with Gasteiger partial charge in [0.2, 0.25) is 0 Å². The SMILES string of the molecule is ClCc1nnc(-c2nccc3ccccc23)s1. The third-order valence-electron chi connectivity index (χ3n) is 2.46. The summed E-state index contributed by atoms with van der Waals surface area (Å²) in [6, 6.07) is 10.1. The number of fused-ring (bicyclic) bond motifs is 1. The van der Waals surface area contributed by atoms with E-state index < -0.39 is 0 Å². The average molecular weight is 262 g/mol. The Balaban J connectivity index is 2.23. The molecule has 1 aromatic carbocycles. The van der Waals surface area contributed by atoms with Crippen LogP contribution in [0.2, 0.25) is 0 Å². The molecule has 84 valence electrons. The van der Waals surface area contributed by atoms with E-state index in [1.165, 1.54) is 11.3 Å². The van der Waals surface area contributed by atoms with Crippen LogP contribution in [0.15, 0.2) is 36.5 Å². The molecule has 3 aromatic rings. The molecule has 0 saturated heterocycles. The van der Waals surface area contributed by atoms with Crippen molar-refractivity contribution in [2.75, 3.05) is 0 Å². The summed E-state index contributed by atoms with van der Waals surface area (Å²) in [5, 5.41) is 12.0. The molecule has 0 fully saturated rings. The first kappa shape index (κ1) is 10.6. The van der Waals surface area contributed by atoms with Gasteiger partial charge >= 0.3 is 0 Å². The number of hydrogen-bond acceptors (Lipinski definition) is 4. The summed E-state index contributed by atoms with van der Waals surface area (Å²) < 4.78 is 0. The van der Waals surface area contributed by atoms with Crippen LogP contribution in [-0.2, 0) is 5.88 Å². The maximum atomic E-state index is 5.73. The number of nitrogens with zero attached hydrogens (tertiary/aromatic N) is 3. The highest BCUT2D eigenvalue weighted by Crippen LogP contribution is 2.28. The van der Waals surface area contributed by atoms with E-state index in [4.69, 9.17) is 11.6 Å². The van der Waals surface area contributed by atoms with E-state index in [1.807, 2.05) is 24.3 Å². The molecule has 0 amide bonds. The van der Waals surface area contributed by atoms with Crippen LogP contribution in [0.25, 0.3) is 21.5 Å². The zero-order chi connectivity index (χ0) is 11.7. The monoisotopic (exact) mass is 261 g/mol. The molecule has 5 heteroatoms. The summed E-state index contributed by atoms with van der Waals surface area (Å²) in [5.74, 6) is 0.391. The van der Waals surface area contributed by atoms with Crippen LogP contribution in [-0.4, -0.2) is 15.2 Å². The van der Waals surface area contributed by atoms with Crippen LogP contribution < -0.4 is 0 Å². The molecular formula is C12H8ClN3S. The van der Waals surface area contributed by atoms with Crippen LogP contribution in [0.1, 0.15) is 5.01 Å². The Kier molecular flexibility index (Phi) is 2.74.